The second kappa shape index (κ2) is 7.29. The maximum Gasteiger partial charge on any atom is 0.239 e. The van der Waals surface area contributed by atoms with Gasteiger partial charge >= 0.3 is 0 Å². The highest BCUT2D eigenvalue weighted by molar-refractivity contribution is 5.85. The molecule has 0 aliphatic rings. The van der Waals surface area contributed by atoms with Crippen molar-refractivity contribution < 1.29 is 4.79 Å². The fraction of sp³-hybridized carbons (Fsp3) is 0.636. The van der Waals surface area contributed by atoms with Crippen molar-refractivity contribution in [3.8, 4) is 0 Å². The van der Waals surface area contributed by atoms with Crippen LogP contribution in [0.15, 0.2) is 18.5 Å². The van der Waals surface area contributed by atoms with E-state index in [0.29, 0.717) is 19.5 Å². The standard InChI is InChI=1S/C11H20N4O.ClH/c1-3-5-11(2,12)10(16)13-7-9-15-8-4-6-14-15;/h4,6,8H,3,5,7,9,12H2,1-2H3,(H,13,16);1H. The number of nitrogens with two attached hydrogens (primary N) is 1. The Balaban J connectivity index is 0.00000256. The molecular formula is C11H21ClN4O. The van der Waals surface area contributed by atoms with Gasteiger partial charge in [-0.15, -0.1) is 12.4 Å². The van der Waals surface area contributed by atoms with Crippen molar-refractivity contribution in [3.05, 3.63) is 18.5 Å². The molecule has 0 aliphatic carbocycles. The molecule has 1 rings (SSSR count). The van der Waals surface area contributed by atoms with Crippen LogP contribution in [0.1, 0.15) is 26.7 Å². The van der Waals surface area contributed by atoms with E-state index in [1.165, 1.54) is 0 Å². The van der Waals surface area contributed by atoms with Gasteiger partial charge in [0.1, 0.15) is 0 Å². The molecule has 0 radical (unpaired) electrons. The van der Waals surface area contributed by atoms with Gasteiger partial charge in [0.05, 0.1) is 12.1 Å². The lowest BCUT2D eigenvalue weighted by Gasteiger charge is -2.22. The average Bonchev–Trinajstić information content (AvgIpc) is 2.70. The van der Waals surface area contributed by atoms with Gasteiger partial charge in [0.2, 0.25) is 5.91 Å². The van der Waals surface area contributed by atoms with E-state index in [1.54, 1.807) is 17.8 Å². The first-order valence-corrected chi connectivity index (χ1v) is 5.61. The van der Waals surface area contributed by atoms with Crippen LogP contribution in [-0.4, -0.2) is 27.8 Å². The number of rotatable bonds is 6. The van der Waals surface area contributed by atoms with Gasteiger partial charge in [0, 0.05) is 18.9 Å². The lowest BCUT2D eigenvalue weighted by atomic mass is 9.97. The van der Waals surface area contributed by atoms with Crippen molar-refractivity contribution >= 4 is 18.3 Å². The molecule has 98 valence electrons. The molecule has 6 heteroatoms. The molecule has 3 N–H and O–H groups in total. The number of carbonyl (C=O) groups excluding carboxylic acids is 1. The smallest absolute Gasteiger partial charge is 0.239 e. The van der Waals surface area contributed by atoms with Gasteiger partial charge in [-0.05, 0) is 19.4 Å². The van der Waals surface area contributed by atoms with E-state index in [-0.39, 0.29) is 18.3 Å². The minimum absolute atomic E-state index is 0. The Bertz CT molecular complexity index is 324. The molecule has 1 amide bonds. The Morgan fingerprint density at radius 2 is 2.29 bits per heavy atom. The normalized spacial score (nSPS) is 13.6. The number of halogens is 1. The predicted octanol–water partition coefficient (Wildman–Crippen LogP) is 0.939. The van der Waals surface area contributed by atoms with Crippen LogP contribution in [0.2, 0.25) is 0 Å². The summed E-state index contributed by atoms with van der Waals surface area (Å²) >= 11 is 0. The molecule has 1 atom stereocenters. The number of nitrogens with zero attached hydrogens (tertiary/aromatic N) is 2. The highest BCUT2D eigenvalue weighted by atomic mass is 35.5. The van der Waals surface area contributed by atoms with Crippen LogP contribution < -0.4 is 11.1 Å². The number of hydrogen-bond donors (Lipinski definition) is 2. The van der Waals surface area contributed by atoms with E-state index in [2.05, 4.69) is 10.4 Å². The van der Waals surface area contributed by atoms with Crippen molar-refractivity contribution in [1.29, 1.82) is 0 Å². The molecule has 0 spiro atoms. The van der Waals surface area contributed by atoms with E-state index in [0.717, 1.165) is 6.42 Å². The first kappa shape index (κ1) is 15.9. The summed E-state index contributed by atoms with van der Waals surface area (Å²) < 4.78 is 1.77. The zero-order valence-electron chi connectivity index (χ0n) is 10.3. The minimum Gasteiger partial charge on any atom is -0.353 e. The zero-order valence-corrected chi connectivity index (χ0v) is 11.2. The first-order chi connectivity index (χ1) is 7.56. The summed E-state index contributed by atoms with van der Waals surface area (Å²) in [6.45, 7) is 5.00. The van der Waals surface area contributed by atoms with Crippen molar-refractivity contribution in [3.63, 3.8) is 0 Å². The van der Waals surface area contributed by atoms with Crippen LogP contribution in [0.4, 0.5) is 0 Å². The SMILES string of the molecule is CCCC(C)(N)C(=O)NCCn1cccn1.Cl. The van der Waals surface area contributed by atoms with Crippen molar-refractivity contribution in [1.82, 2.24) is 15.1 Å². The van der Waals surface area contributed by atoms with E-state index < -0.39 is 5.54 Å². The second-order valence-electron chi connectivity index (χ2n) is 4.19. The van der Waals surface area contributed by atoms with E-state index in [9.17, 15) is 4.79 Å². The van der Waals surface area contributed by atoms with E-state index >= 15 is 0 Å². The van der Waals surface area contributed by atoms with Gasteiger partial charge in [-0.25, -0.2) is 0 Å². The largest absolute Gasteiger partial charge is 0.353 e. The fourth-order valence-corrected chi connectivity index (χ4v) is 1.55. The van der Waals surface area contributed by atoms with Crippen molar-refractivity contribution in [2.24, 2.45) is 5.73 Å². The third-order valence-electron chi connectivity index (χ3n) is 2.47. The highest BCUT2D eigenvalue weighted by Gasteiger charge is 2.26. The molecule has 0 saturated carbocycles. The van der Waals surface area contributed by atoms with Gasteiger partial charge in [-0.2, -0.15) is 5.10 Å². The predicted molar refractivity (Wildman–Crippen MR) is 70.0 cm³/mol. The number of carbonyl (C=O) groups is 1. The van der Waals surface area contributed by atoms with Gasteiger partial charge in [0.25, 0.3) is 0 Å². The Labute approximate surface area is 108 Å². The highest BCUT2D eigenvalue weighted by Crippen LogP contribution is 2.07. The number of aromatic nitrogens is 2. The van der Waals surface area contributed by atoms with E-state index in [4.69, 9.17) is 5.73 Å². The third kappa shape index (κ3) is 5.19. The van der Waals surface area contributed by atoms with Crippen LogP contribution in [0.5, 0.6) is 0 Å². The molecule has 0 bridgehead atoms. The van der Waals surface area contributed by atoms with E-state index in [1.807, 2.05) is 19.2 Å². The average molecular weight is 261 g/mol. The summed E-state index contributed by atoms with van der Waals surface area (Å²) in [5.74, 6) is -0.0958. The van der Waals surface area contributed by atoms with Crippen LogP contribution in [0, 0.1) is 0 Å². The Kier molecular flexibility index (Phi) is 6.83. The van der Waals surface area contributed by atoms with Crippen LogP contribution >= 0.6 is 12.4 Å². The van der Waals surface area contributed by atoms with Crippen molar-refractivity contribution in [2.75, 3.05) is 6.54 Å². The number of amides is 1. The first-order valence-electron chi connectivity index (χ1n) is 5.61. The molecular weight excluding hydrogens is 240 g/mol. The summed E-state index contributed by atoms with van der Waals surface area (Å²) in [4.78, 5) is 11.7. The molecule has 0 fully saturated rings. The molecule has 1 aromatic rings. The van der Waals surface area contributed by atoms with Crippen LogP contribution in [-0.2, 0) is 11.3 Å². The van der Waals surface area contributed by atoms with Gasteiger partial charge in [-0.1, -0.05) is 13.3 Å². The molecule has 5 nitrogen and oxygen atoms in total. The Hall–Kier alpha value is -1.07. The molecule has 0 saturated heterocycles. The summed E-state index contributed by atoms with van der Waals surface area (Å²) in [5.41, 5.74) is 5.13. The lowest BCUT2D eigenvalue weighted by molar-refractivity contribution is -0.126. The monoisotopic (exact) mass is 260 g/mol. The van der Waals surface area contributed by atoms with Gasteiger partial charge in [-0.3, -0.25) is 9.48 Å². The second-order valence-corrected chi connectivity index (χ2v) is 4.19. The molecule has 17 heavy (non-hydrogen) atoms. The lowest BCUT2D eigenvalue weighted by Crippen LogP contribution is -2.52. The summed E-state index contributed by atoms with van der Waals surface area (Å²) in [7, 11) is 0. The summed E-state index contributed by atoms with van der Waals surface area (Å²) in [6, 6.07) is 1.85. The number of nitrogens with one attached hydrogen (secondary N) is 1. The topological polar surface area (TPSA) is 72.9 Å². The minimum atomic E-state index is -0.765. The Morgan fingerprint density at radius 1 is 1.59 bits per heavy atom. The molecule has 1 aromatic heterocycles. The fourth-order valence-electron chi connectivity index (χ4n) is 1.55. The molecule has 1 heterocycles. The maximum atomic E-state index is 11.7. The molecule has 0 aliphatic heterocycles. The molecule has 0 aromatic carbocycles. The third-order valence-corrected chi connectivity index (χ3v) is 2.47. The molecule has 1 unspecified atom stereocenters. The zero-order chi connectivity index (χ0) is 12.0. The van der Waals surface area contributed by atoms with Gasteiger partial charge < -0.3 is 11.1 Å². The summed E-state index contributed by atoms with van der Waals surface area (Å²) in [6.07, 6.45) is 5.17. The van der Waals surface area contributed by atoms with Gasteiger partial charge in [0.15, 0.2) is 0 Å². The van der Waals surface area contributed by atoms with Crippen LogP contribution in [0.25, 0.3) is 0 Å². The Morgan fingerprint density at radius 3 is 2.82 bits per heavy atom. The maximum absolute atomic E-state index is 11.7. The van der Waals surface area contributed by atoms with Crippen molar-refractivity contribution in [2.45, 2.75) is 38.8 Å². The number of hydrogen-bond acceptors (Lipinski definition) is 3. The summed E-state index contributed by atoms with van der Waals surface area (Å²) in [5, 5.41) is 6.87. The quantitative estimate of drug-likeness (QED) is 0.800. The van der Waals surface area contributed by atoms with Crippen LogP contribution in [0.3, 0.4) is 0 Å².